The molecule has 0 aliphatic heterocycles. The maximum absolute atomic E-state index is 12.3. The van der Waals surface area contributed by atoms with Crippen LogP contribution in [0.5, 0.6) is 23.0 Å². The predicted molar refractivity (Wildman–Crippen MR) is 140 cm³/mol. The van der Waals surface area contributed by atoms with Crippen molar-refractivity contribution in [1.82, 2.24) is 5.43 Å². The van der Waals surface area contributed by atoms with Gasteiger partial charge in [-0.1, -0.05) is 40.2 Å². The van der Waals surface area contributed by atoms with E-state index in [-0.39, 0.29) is 6.61 Å². The largest absolute Gasteiger partial charge is 0.497 e. The number of carbonyl (C=O) groups excluding carboxylic acids is 1. The van der Waals surface area contributed by atoms with E-state index in [0.29, 0.717) is 41.6 Å². The monoisotopic (exact) mass is 538 g/mol. The van der Waals surface area contributed by atoms with Crippen LogP contribution in [-0.4, -0.2) is 32.9 Å². The molecule has 0 aromatic heterocycles. The van der Waals surface area contributed by atoms with Crippen LogP contribution in [0.15, 0.2) is 82.9 Å². The molecule has 0 spiro atoms. The van der Waals surface area contributed by atoms with Crippen molar-refractivity contribution in [2.45, 2.75) is 13.0 Å². The molecule has 7 nitrogen and oxygen atoms in total. The zero-order valence-corrected chi connectivity index (χ0v) is 21.2. The van der Waals surface area contributed by atoms with Gasteiger partial charge in [-0.2, -0.15) is 5.10 Å². The van der Waals surface area contributed by atoms with E-state index in [2.05, 4.69) is 33.0 Å². The average molecular weight is 539 g/mol. The highest BCUT2D eigenvalue weighted by atomic mass is 79.9. The van der Waals surface area contributed by atoms with Crippen LogP contribution in [0, 0.1) is 0 Å². The van der Waals surface area contributed by atoms with Gasteiger partial charge < -0.3 is 18.9 Å². The van der Waals surface area contributed by atoms with Gasteiger partial charge in [0.2, 0.25) is 0 Å². The molecule has 0 aliphatic carbocycles. The molecule has 182 valence electrons. The number of hydrazone groups is 1. The highest BCUT2D eigenvalue weighted by molar-refractivity contribution is 9.10. The van der Waals surface area contributed by atoms with Crippen LogP contribution in [0.25, 0.3) is 0 Å². The van der Waals surface area contributed by atoms with Crippen molar-refractivity contribution in [3.8, 4) is 23.0 Å². The predicted octanol–water partition coefficient (Wildman–Crippen LogP) is 5.30. The molecular weight excluding hydrogens is 512 g/mol. The summed E-state index contributed by atoms with van der Waals surface area (Å²) < 4.78 is 23.2. The van der Waals surface area contributed by atoms with Gasteiger partial charge in [0.05, 0.1) is 20.4 Å². The summed E-state index contributed by atoms with van der Waals surface area (Å²) in [6, 6.07) is 18.7. The van der Waals surface area contributed by atoms with Crippen molar-refractivity contribution in [2.75, 3.05) is 20.8 Å². The maximum Gasteiger partial charge on any atom is 0.277 e. The fraction of sp³-hybridized carbons (Fsp3) is 0.185. The van der Waals surface area contributed by atoms with Gasteiger partial charge in [-0.3, -0.25) is 4.79 Å². The molecule has 0 saturated carbocycles. The summed E-state index contributed by atoms with van der Waals surface area (Å²) in [5.41, 5.74) is 5.17. The van der Waals surface area contributed by atoms with Crippen LogP contribution < -0.4 is 24.4 Å². The Labute approximate surface area is 213 Å². The topological polar surface area (TPSA) is 78.4 Å². The number of ether oxygens (including phenoxy) is 4. The summed E-state index contributed by atoms with van der Waals surface area (Å²) in [4.78, 5) is 12.3. The Balaban J connectivity index is 1.60. The van der Waals surface area contributed by atoms with Crippen molar-refractivity contribution in [3.63, 3.8) is 0 Å². The lowest BCUT2D eigenvalue weighted by Crippen LogP contribution is -2.24. The Morgan fingerprint density at radius 1 is 0.971 bits per heavy atom. The number of amides is 1. The Hall–Kier alpha value is -3.78. The summed E-state index contributed by atoms with van der Waals surface area (Å²) in [5.74, 6) is 1.84. The molecule has 0 saturated heterocycles. The second-order valence-electron chi connectivity index (χ2n) is 7.38. The van der Waals surface area contributed by atoms with E-state index in [1.165, 1.54) is 6.21 Å². The van der Waals surface area contributed by atoms with Crippen LogP contribution >= 0.6 is 15.9 Å². The SMILES string of the molecule is C=CCc1ccc(OCC(=O)N/N=C/c2cc(OC)ccc2OCc2cccc(Br)c2)c(OC)c1. The number of benzene rings is 3. The summed E-state index contributed by atoms with van der Waals surface area (Å²) in [6.07, 6.45) is 4.02. The summed E-state index contributed by atoms with van der Waals surface area (Å²) in [7, 11) is 3.13. The molecule has 0 atom stereocenters. The van der Waals surface area contributed by atoms with E-state index < -0.39 is 5.91 Å². The molecule has 0 fully saturated rings. The molecule has 35 heavy (non-hydrogen) atoms. The lowest BCUT2D eigenvalue weighted by atomic mass is 10.1. The molecule has 1 amide bonds. The molecule has 3 aromatic rings. The first-order valence-corrected chi connectivity index (χ1v) is 11.6. The Bertz CT molecular complexity index is 1200. The van der Waals surface area contributed by atoms with Gasteiger partial charge in [0.25, 0.3) is 5.91 Å². The number of halogens is 1. The number of methoxy groups -OCH3 is 2. The molecular formula is C27H27BrN2O5. The second kappa shape index (κ2) is 13.2. The maximum atomic E-state index is 12.3. The van der Waals surface area contributed by atoms with E-state index in [9.17, 15) is 4.79 Å². The number of allylic oxidation sites excluding steroid dienone is 1. The van der Waals surface area contributed by atoms with Crippen molar-refractivity contribution < 1.29 is 23.7 Å². The van der Waals surface area contributed by atoms with Gasteiger partial charge in [0, 0.05) is 10.0 Å². The molecule has 0 bridgehead atoms. The molecule has 0 heterocycles. The van der Waals surface area contributed by atoms with Crippen molar-refractivity contribution in [3.05, 3.63) is 94.5 Å². The van der Waals surface area contributed by atoms with Gasteiger partial charge in [-0.05, 0) is 60.0 Å². The molecule has 0 unspecified atom stereocenters. The van der Waals surface area contributed by atoms with Crippen LogP contribution in [0.4, 0.5) is 0 Å². The van der Waals surface area contributed by atoms with Crippen molar-refractivity contribution in [1.29, 1.82) is 0 Å². The van der Waals surface area contributed by atoms with Crippen LogP contribution in [0.3, 0.4) is 0 Å². The third-order valence-electron chi connectivity index (χ3n) is 4.86. The number of nitrogens with zero attached hydrogens (tertiary/aromatic N) is 1. The van der Waals surface area contributed by atoms with Crippen LogP contribution in [0.1, 0.15) is 16.7 Å². The van der Waals surface area contributed by atoms with Crippen LogP contribution in [0.2, 0.25) is 0 Å². The minimum Gasteiger partial charge on any atom is -0.497 e. The number of carbonyl (C=O) groups is 1. The quantitative estimate of drug-likeness (QED) is 0.192. The number of hydrogen-bond donors (Lipinski definition) is 1. The van der Waals surface area contributed by atoms with Crippen molar-refractivity contribution in [2.24, 2.45) is 5.10 Å². The zero-order valence-electron chi connectivity index (χ0n) is 19.6. The van der Waals surface area contributed by atoms with E-state index in [0.717, 1.165) is 15.6 Å². The zero-order chi connectivity index (χ0) is 25.0. The first-order valence-electron chi connectivity index (χ1n) is 10.8. The van der Waals surface area contributed by atoms with Crippen LogP contribution in [-0.2, 0) is 17.8 Å². The third kappa shape index (κ3) is 7.89. The van der Waals surface area contributed by atoms with Gasteiger partial charge in [-0.25, -0.2) is 5.43 Å². The lowest BCUT2D eigenvalue weighted by molar-refractivity contribution is -0.123. The molecule has 3 aromatic carbocycles. The second-order valence-corrected chi connectivity index (χ2v) is 8.30. The van der Waals surface area contributed by atoms with E-state index in [4.69, 9.17) is 18.9 Å². The third-order valence-corrected chi connectivity index (χ3v) is 5.35. The smallest absolute Gasteiger partial charge is 0.277 e. The summed E-state index contributed by atoms with van der Waals surface area (Å²) in [6.45, 7) is 3.88. The fourth-order valence-electron chi connectivity index (χ4n) is 3.15. The highest BCUT2D eigenvalue weighted by Crippen LogP contribution is 2.28. The van der Waals surface area contributed by atoms with Gasteiger partial charge >= 0.3 is 0 Å². The van der Waals surface area contributed by atoms with E-state index >= 15 is 0 Å². The fourth-order valence-corrected chi connectivity index (χ4v) is 3.59. The minimum atomic E-state index is -0.419. The highest BCUT2D eigenvalue weighted by Gasteiger charge is 2.09. The van der Waals surface area contributed by atoms with Crippen molar-refractivity contribution >= 4 is 28.1 Å². The molecule has 3 rings (SSSR count). The lowest BCUT2D eigenvalue weighted by Gasteiger charge is -2.12. The molecule has 0 aliphatic rings. The summed E-state index contributed by atoms with van der Waals surface area (Å²) >= 11 is 3.46. The van der Waals surface area contributed by atoms with Gasteiger partial charge in [-0.15, -0.1) is 6.58 Å². The number of hydrogen-bond acceptors (Lipinski definition) is 6. The summed E-state index contributed by atoms with van der Waals surface area (Å²) in [5, 5.41) is 4.05. The van der Waals surface area contributed by atoms with E-state index in [1.807, 2.05) is 36.4 Å². The Morgan fingerprint density at radius 3 is 2.54 bits per heavy atom. The standard InChI is InChI=1S/C27H27BrN2O5/c1-4-6-19-9-11-25(26(14-19)33-3)35-18-27(31)30-29-16-21-15-23(32-2)10-12-24(21)34-17-20-7-5-8-22(28)13-20/h4-5,7-16H,1,6,17-18H2,2-3H3,(H,30,31)/b29-16+. The number of nitrogens with one attached hydrogen (secondary N) is 1. The molecule has 8 heteroatoms. The molecule has 0 radical (unpaired) electrons. The van der Waals surface area contributed by atoms with E-state index in [1.54, 1.807) is 44.6 Å². The first kappa shape index (κ1) is 25.8. The normalized spacial score (nSPS) is 10.6. The Kier molecular flexibility index (Phi) is 9.74. The van der Waals surface area contributed by atoms with Gasteiger partial charge in [0.1, 0.15) is 18.1 Å². The molecule has 1 N–H and O–H groups in total. The average Bonchev–Trinajstić information content (AvgIpc) is 2.87. The van der Waals surface area contributed by atoms with Gasteiger partial charge in [0.15, 0.2) is 18.1 Å². The Morgan fingerprint density at radius 2 is 1.80 bits per heavy atom. The number of rotatable bonds is 12. The minimum absolute atomic E-state index is 0.223. The first-order chi connectivity index (χ1) is 17.0.